The van der Waals surface area contributed by atoms with Crippen molar-refractivity contribution >= 4 is 46.9 Å². The summed E-state index contributed by atoms with van der Waals surface area (Å²) in [5, 5.41) is 3.74. The number of hydrogen-bond acceptors (Lipinski definition) is 4. The molecule has 4 rings (SSSR count). The van der Waals surface area contributed by atoms with Crippen LogP contribution in [0.15, 0.2) is 53.4 Å². The molecule has 0 aromatic heterocycles. The number of amides is 2. The van der Waals surface area contributed by atoms with Gasteiger partial charge < -0.3 is 10.2 Å². The predicted molar refractivity (Wildman–Crippen MR) is 120 cm³/mol. The fourth-order valence-corrected chi connectivity index (χ4v) is 5.29. The molecule has 2 fully saturated rings. The topological polar surface area (TPSA) is 49.4 Å². The van der Waals surface area contributed by atoms with Gasteiger partial charge in [0.15, 0.2) is 0 Å². The molecule has 1 saturated carbocycles. The van der Waals surface area contributed by atoms with Gasteiger partial charge in [0.1, 0.15) is 6.04 Å². The molecule has 2 amide bonds. The van der Waals surface area contributed by atoms with E-state index in [9.17, 15) is 9.59 Å². The third-order valence-electron chi connectivity index (χ3n) is 5.13. The van der Waals surface area contributed by atoms with Gasteiger partial charge in [-0.15, -0.1) is 23.5 Å². The molecule has 1 atom stereocenters. The first-order valence-electron chi connectivity index (χ1n) is 9.74. The van der Waals surface area contributed by atoms with Crippen molar-refractivity contribution in [2.45, 2.75) is 29.5 Å². The van der Waals surface area contributed by atoms with Crippen LogP contribution in [0.4, 0.5) is 0 Å². The molecule has 1 aliphatic heterocycles. The lowest BCUT2D eigenvalue weighted by Crippen LogP contribution is -2.47. The standard InChI is InChI=1S/C22H23ClN2O2S2/c23-18-7-9-19(10-8-18)29-12-16-3-5-17(6-4-16)22(27)25-14-28-13-20(25)21(26)24-11-15-1-2-15/h3-10,15,20H,1-2,11-14H2,(H,24,26). The highest BCUT2D eigenvalue weighted by molar-refractivity contribution is 7.99. The fourth-order valence-electron chi connectivity index (χ4n) is 3.15. The maximum absolute atomic E-state index is 12.9. The molecule has 0 spiro atoms. The zero-order chi connectivity index (χ0) is 20.2. The minimum atomic E-state index is -0.369. The summed E-state index contributed by atoms with van der Waals surface area (Å²) in [5.74, 6) is 2.59. The lowest BCUT2D eigenvalue weighted by molar-refractivity contribution is -0.124. The van der Waals surface area contributed by atoms with Crippen LogP contribution in [0.5, 0.6) is 0 Å². The van der Waals surface area contributed by atoms with Crippen LogP contribution in [0.25, 0.3) is 0 Å². The number of hydrogen-bond donors (Lipinski definition) is 1. The van der Waals surface area contributed by atoms with E-state index in [4.69, 9.17) is 11.6 Å². The average Bonchev–Trinajstić information content (AvgIpc) is 3.45. The van der Waals surface area contributed by atoms with E-state index >= 15 is 0 Å². The number of nitrogens with one attached hydrogen (secondary N) is 1. The van der Waals surface area contributed by atoms with E-state index in [1.54, 1.807) is 28.4 Å². The first-order chi connectivity index (χ1) is 14.1. The number of carbonyl (C=O) groups is 2. The number of benzene rings is 2. The van der Waals surface area contributed by atoms with Crippen LogP contribution in [-0.4, -0.2) is 40.9 Å². The Labute approximate surface area is 184 Å². The van der Waals surface area contributed by atoms with Gasteiger partial charge >= 0.3 is 0 Å². The Morgan fingerprint density at radius 2 is 1.83 bits per heavy atom. The third-order valence-corrected chi connectivity index (χ3v) is 7.48. The van der Waals surface area contributed by atoms with Crippen molar-refractivity contribution in [1.82, 2.24) is 10.2 Å². The van der Waals surface area contributed by atoms with E-state index in [1.165, 1.54) is 12.8 Å². The highest BCUT2D eigenvalue weighted by Gasteiger charge is 2.35. The van der Waals surface area contributed by atoms with E-state index in [0.717, 1.165) is 27.8 Å². The predicted octanol–water partition coefficient (Wildman–Crippen LogP) is 4.67. The summed E-state index contributed by atoms with van der Waals surface area (Å²) in [4.78, 5) is 28.3. The van der Waals surface area contributed by atoms with Crippen LogP contribution in [0.2, 0.25) is 5.02 Å². The minimum Gasteiger partial charge on any atom is -0.354 e. The van der Waals surface area contributed by atoms with Crippen LogP contribution in [-0.2, 0) is 10.5 Å². The molecule has 152 valence electrons. The largest absolute Gasteiger partial charge is 0.354 e. The molecular weight excluding hydrogens is 424 g/mol. The fraction of sp³-hybridized carbons (Fsp3) is 0.364. The van der Waals surface area contributed by atoms with Gasteiger partial charge in [-0.1, -0.05) is 23.7 Å². The maximum Gasteiger partial charge on any atom is 0.255 e. The molecule has 29 heavy (non-hydrogen) atoms. The van der Waals surface area contributed by atoms with Crippen molar-refractivity contribution < 1.29 is 9.59 Å². The van der Waals surface area contributed by atoms with E-state index < -0.39 is 0 Å². The Kier molecular flexibility index (Phi) is 6.73. The van der Waals surface area contributed by atoms with Crippen molar-refractivity contribution in [3.8, 4) is 0 Å². The number of nitrogens with zero attached hydrogens (tertiary/aromatic N) is 1. The van der Waals surface area contributed by atoms with E-state index in [2.05, 4.69) is 5.32 Å². The molecule has 0 radical (unpaired) electrons. The van der Waals surface area contributed by atoms with E-state index in [1.807, 2.05) is 48.5 Å². The van der Waals surface area contributed by atoms with Gasteiger partial charge in [0, 0.05) is 33.5 Å². The Morgan fingerprint density at radius 1 is 1.10 bits per heavy atom. The maximum atomic E-state index is 12.9. The molecule has 2 aromatic carbocycles. The first kappa shape index (κ1) is 20.6. The third kappa shape index (κ3) is 5.50. The Bertz CT molecular complexity index is 869. The monoisotopic (exact) mass is 446 g/mol. The lowest BCUT2D eigenvalue weighted by Gasteiger charge is -2.23. The van der Waals surface area contributed by atoms with Crippen LogP contribution in [0, 0.1) is 5.92 Å². The number of halogens is 1. The summed E-state index contributed by atoms with van der Waals surface area (Å²) < 4.78 is 0. The van der Waals surface area contributed by atoms with Crippen molar-refractivity contribution in [3.63, 3.8) is 0 Å². The summed E-state index contributed by atoms with van der Waals surface area (Å²) in [7, 11) is 0. The lowest BCUT2D eigenvalue weighted by atomic mass is 10.1. The Balaban J connectivity index is 1.34. The highest BCUT2D eigenvalue weighted by Crippen LogP contribution is 2.29. The minimum absolute atomic E-state index is 0.0220. The summed E-state index contributed by atoms with van der Waals surface area (Å²) in [5.41, 5.74) is 1.78. The van der Waals surface area contributed by atoms with Gasteiger partial charge in [0.25, 0.3) is 5.91 Å². The molecule has 2 aromatic rings. The summed E-state index contributed by atoms with van der Waals surface area (Å²) in [6.07, 6.45) is 2.40. The van der Waals surface area contributed by atoms with Crippen molar-refractivity contribution in [1.29, 1.82) is 0 Å². The highest BCUT2D eigenvalue weighted by atomic mass is 35.5. The second kappa shape index (κ2) is 9.45. The second-order valence-corrected chi connectivity index (χ2v) is 9.90. The van der Waals surface area contributed by atoms with Gasteiger partial charge in [-0.25, -0.2) is 0 Å². The molecule has 7 heteroatoms. The van der Waals surface area contributed by atoms with Crippen LogP contribution in [0.3, 0.4) is 0 Å². The Morgan fingerprint density at radius 3 is 2.52 bits per heavy atom. The molecule has 2 aliphatic rings. The zero-order valence-electron chi connectivity index (χ0n) is 16.0. The van der Waals surface area contributed by atoms with Crippen molar-refractivity contribution in [2.75, 3.05) is 18.2 Å². The Hall–Kier alpha value is -1.63. The SMILES string of the molecule is O=C(NCC1CC1)C1CSCN1C(=O)c1ccc(CSc2ccc(Cl)cc2)cc1. The van der Waals surface area contributed by atoms with Gasteiger partial charge in [0.05, 0.1) is 5.88 Å². The summed E-state index contributed by atoms with van der Waals surface area (Å²) >= 11 is 9.28. The van der Waals surface area contributed by atoms with Crippen LogP contribution in [0.1, 0.15) is 28.8 Å². The molecule has 1 aliphatic carbocycles. The zero-order valence-corrected chi connectivity index (χ0v) is 18.4. The van der Waals surface area contributed by atoms with Gasteiger partial charge in [0.2, 0.25) is 5.91 Å². The molecular formula is C22H23ClN2O2S2. The van der Waals surface area contributed by atoms with Gasteiger partial charge in [-0.2, -0.15) is 0 Å². The average molecular weight is 447 g/mol. The van der Waals surface area contributed by atoms with Crippen LogP contribution < -0.4 is 5.32 Å². The van der Waals surface area contributed by atoms with E-state index in [0.29, 0.717) is 23.1 Å². The normalized spacial score (nSPS) is 18.7. The molecule has 1 heterocycles. The number of thioether (sulfide) groups is 2. The summed E-state index contributed by atoms with van der Waals surface area (Å²) in [6, 6.07) is 15.1. The molecule has 0 bridgehead atoms. The second-order valence-electron chi connectivity index (χ2n) is 7.42. The van der Waals surface area contributed by atoms with E-state index in [-0.39, 0.29) is 17.9 Å². The van der Waals surface area contributed by atoms with Gasteiger partial charge in [-0.3, -0.25) is 9.59 Å². The molecule has 4 nitrogen and oxygen atoms in total. The summed E-state index contributed by atoms with van der Waals surface area (Å²) in [6.45, 7) is 0.738. The first-order valence-corrected chi connectivity index (χ1v) is 12.3. The quantitative estimate of drug-likeness (QED) is 0.627. The molecule has 1 N–H and O–H groups in total. The number of carbonyl (C=O) groups excluding carboxylic acids is 2. The molecule has 1 unspecified atom stereocenters. The van der Waals surface area contributed by atoms with Crippen molar-refractivity contribution in [2.24, 2.45) is 5.92 Å². The number of rotatable bonds is 7. The smallest absolute Gasteiger partial charge is 0.255 e. The van der Waals surface area contributed by atoms with Gasteiger partial charge in [-0.05, 0) is 60.7 Å². The molecule has 1 saturated heterocycles. The van der Waals surface area contributed by atoms with Crippen molar-refractivity contribution in [3.05, 3.63) is 64.7 Å². The van der Waals surface area contributed by atoms with Crippen LogP contribution >= 0.6 is 35.1 Å².